The second-order valence-electron chi connectivity index (χ2n) is 4.32. The van der Waals surface area contributed by atoms with Crippen molar-refractivity contribution in [3.05, 3.63) is 47.2 Å². The molecular formula is C14H17N3O2. The highest BCUT2D eigenvalue weighted by Crippen LogP contribution is 2.15. The Balaban J connectivity index is 2.07. The van der Waals surface area contributed by atoms with Crippen LogP contribution >= 0.6 is 0 Å². The molecule has 100 valence electrons. The number of anilines is 1. The van der Waals surface area contributed by atoms with Gasteiger partial charge in [0.2, 0.25) is 0 Å². The zero-order valence-electron chi connectivity index (χ0n) is 11.3. The van der Waals surface area contributed by atoms with Gasteiger partial charge in [-0.1, -0.05) is 0 Å². The van der Waals surface area contributed by atoms with Crippen molar-refractivity contribution in [1.82, 2.24) is 10.3 Å². The Bertz CT molecular complexity index is 590. The van der Waals surface area contributed by atoms with E-state index >= 15 is 0 Å². The summed E-state index contributed by atoms with van der Waals surface area (Å²) in [5.41, 5.74) is 2.15. The molecule has 1 amide bonds. The first-order valence-electron chi connectivity index (χ1n) is 6.08. The molecule has 0 unspecified atom stereocenters. The van der Waals surface area contributed by atoms with E-state index in [0.717, 1.165) is 22.9 Å². The van der Waals surface area contributed by atoms with Gasteiger partial charge in [0.25, 0.3) is 5.91 Å². The second kappa shape index (κ2) is 5.56. The van der Waals surface area contributed by atoms with Crippen molar-refractivity contribution in [3.63, 3.8) is 0 Å². The monoisotopic (exact) mass is 259 g/mol. The van der Waals surface area contributed by atoms with Crippen LogP contribution in [-0.4, -0.2) is 17.9 Å². The molecule has 0 radical (unpaired) electrons. The number of carbonyl (C=O) groups is 1. The number of hydrogen-bond donors (Lipinski definition) is 2. The minimum Gasteiger partial charge on any atom is -0.465 e. The Labute approximate surface area is 112 Å². The Morgan fingerprint density at radius 3 is 2.79 bits per heavy atom. The van der Waals surface area contributed by atoms with E-state index in [9.17, 15) is 4.79 Å². The van der Waals surface area contributed by atoms with Crippen molar-refractivity contribution in [2.45, 2.75) is 20.4 Å². The number of pyridine rings is 1. The minimum atomic E-state index is -0.175. The number of hydrogen-bond acceptors (Lipinski definition) is 4. The molecular weight excluding hydrogens is 242 g/mol. The SMILES string of the molecule is CNc1cc(C)ncc1C(=O)NCc1ccc(C)o1. The lowest BCUT2D eigenvalue weighted by Gasteiger charge is -2.09. The Kier molecular flexibility index (Phi) is 3.85. The lowest BCUT2D eigenvalue weighted by Crippen LogP contribution is -2.23. The summed E-state index contributed by atoms with van der Waals surface area (Å²) >= 11 is 0. The molecule has 0 aromatic carbocycles. The largest absolute Gasteiger partial charge is 0.465 e. The van der Waals surface area contributed by atoms with Gasteiger partial charge in [-0.05, 0) is 32.0 Å². The molecule has 2 N–H and O–H groups in total. The summed E-state index contributed by atoms with van der Waals surface area (Å²) in [6.45, 7) is 4.12. The predicted molar refractivity (Wildman–Crippen MR) is 73.1 cm³/mol. The lowest BCUT2D eigenvalue weighted by molar-refractivity contribution is 0.0948. The molecule has 2 aromatic rings. The first kappa shape index (κ1) is 13.1. The zero-order chi connectivity index (χ0) is 13.8. The van der Waals surface area contributed by atoms with Crippen molar-refractivity contribution in [2.24, 2.45) is 0 Å². The molecule has 0 atom stereocenters. The van der Waals surface area contributed by atoms with Crippen molar-refractivity contribution in [3.8, 4) is 0 Å². The third-order valence-corrected chi connectivity index (χ3v) is 2.77. The van der Waals surface area contributed by atoms with Crippen LogP contribution in [0.5, 0.6) is 0 Å². The fraction of sp³-hybridized carbons (Fsp3) is 0.286. The summed E-state index contributed by atoms with van der Waals surface area (Å²) in [6.07, 6.45) is 1.57. The average Bonchev–Trinajstić information content (AvgIpc) is 2.81. The van der Waals surface area contributed by atoms with E-state index in [0.29, 0.717) is 12.1 Å². The first-order chi connectivity index (χ1) is 9.10. The maximum absolute atomic E-state index is 12.1. The molecule has 5 heteroatoms. The normalized spacial score (nSPS) is 10.3. The summed E-state index contributed by atoms with van der Waals surface area (Å²) in [6, 6.07) is 5.56. The van der Waals surface area contributed by atoms with E-state index in [1.165, 1.54) is 0 Å². The summed E-state index contributed by atoms with van der Waals surface area (Å²) in [4.78, 5) is 16.2. The zero-order valence-corrected chi connectivity index (χ0v) is 11.3. The third kappa shape index (κ3) is 3.13. The van der Waals surface area contributed by atoms with Gasteiger partial charge in [0.1, 0.15) is 11.5 Å². The Morgan fingerprint density at radius 1 is 1.37 bits per heavy atom. The molecule has 5 nitrogen and oxygen atoms in total. The highest BCUT2D eigenvalue weighted by Gasteiger charge is 2.12. The third-order valence-electron chi connectivity index (χ3n) is 2.77. The minimum absolute atomic E-state index is 0.175. The van der Waals surface area contributed by atoms with Gasteiger partial charge in [-0.2, -0.15) is 0 Å². The molecule has 0 bridgehead atoms. The van der Waals surface area contributed by atoms with E-state index in [-0.39, 0.29) is 5.91 Å². The number of aromatic nitrogens is 1. The predicted octanol–water partition coefficient (Wildman–Crippen LogP) is 2.26. The van der Waals surface area contributed by atoms with Crippen LogP contribution in [-0.2, 0) is 6.54 Å². The standard InChI is InChI=1S/C14H17N3O2/c1-9-6-13(15-3)12(8-16-9)14(18)17-7-11-5-4-10(2)19-11/h4-6,8H,7H2,1-3H3,(H,15,16)(H,17,18). The average molecular weight is 259 g/mol. The van der Waals surface area contributed by atoms with Crippen LogP contribution in [0.1, 0.15) is 27.6 Å². The van der Waals surface area contributed by atoms with Gasteiger partial charge in [0.05, 0.1) is 17.8 Å². The smallest absolute Gasteiger partial charge is 0.255 e. The van der Waals surface area contributed by atoms with Crippen LogP contribution in [0.3, 0.4) is 0 Å². The van der Waals surface area contributed by atoms with Gasteiger partial charge in [-0.3, -0.25) is 9.78 Å². The van der Waals surface area contributed by atoms with Gasteiger partial charge in [-0.25, -0.2) is 0 Å². The van der Waals surface area contributed by atoms with Crippen molar-refractivity contribution in [2.75, 3.05) is 12.4 Å². The van der Waals surface area contributed by atoms with Gasteiger partial charge in [0.15, 0.2) is 0 Å². The summed E-state index contributed by atoms with van der Waals surface area (Å²) < 4.78 is 5.40. The molecule has 2 aromatic heterocycles. The molecule has 0 saturated carbocycles. The van der Waals surface area contributed by atoms with Crippen molar-refractivity contribution < 1.29 is 9.21 Å². The molecule has 0 spiro atoms. The number of aryl methyl sites for hydroxylation is 2. The van der Waals surface area contributed by atoms with Gasteiger partial charge in [-0.15, -0.1) is 0 Å². The molecule has 0 fully saturated rings. The fourth-order valence-corrected chi connectivity index (χ4v) is 1.79. The van der Waals surface area contributed by atoms with E-state index < -0.39 is 0 Å². The number of carbonyl (C=O) groups excluding carboxylic acids is 1. The first-order valence-corrected chi connectivity index (χ1v) is 6.08. The number of rotatable bonds is 4. The molecule has 2 rings (SSSR count). The van der Waals surface area contributed by atoms with Crippen LogP contribution < -0.4 is 10.6 Å². The number of nitrogens with zero attached hydrogens (tertiary/aromatic N) is 1. The molecule has 0 aliphatic rings. The Morgan fingerprint density at radius 2 is 2.16 bits per heavy atom. The summed E-state index contributed by atoms with van der Waals surface area (Å²) in [5.74, 6) is 1.39. The van der Waals surface area contributed by atoms with E-state index in [1.54, 1.807) is 13.2 Å². The Hall–Kier alpha value is -2.30. The maximum atomic E-state index is 12.1. The quantitative estimate of drug-likeness (QED) is 0.883. The van der Waals surface area contributed by atoms with E-state index in [1.807, 2.05) is 32.0 Å². The van der Waals surface area contributed by atoms with Crippen LogP contribution in [0, 0.1) is 13.8 Å². The molecule has 0 aliphatic carbocycles. The number of furan rings is 1. The van der Waals surface area contributed by atoms with Gasteiger partial charge < -0.3 is 15.1 Å². The van der Waals surface area contributed by atoms with Crippen LogP contribution in [0.25, 0.3) is 0 Å². The molecule has 0 saturated heterocycles. The number of amides is 1. The number of nitrogens with one attached hydrogen (secondary N) is 2. The van der Waals surface area contributed by atoms with E-state index in [2.05, 4.69) is 15.6 Å². The van der Waals surface area contributed by atoms with E-state index in [4.69, 9.17) is 4.42 Å². The molecule has 2 heterocycles. The highest BCUT2D eigenvalue weighted by atomic mass is 16.3. The van der Waals surface area contributed by atoms with Crippen LogP contribution in [0.4, 0.5) is 5.69 Å². The lowest BCUT2D eigenvalue weighted by atomic mass is 10.2. The maximum Gasteiger partial charge on any atom is 0.255 e. The van der Waals surface area contributed by atoms with Crippen molar-refractivity contribution in [1.29, 1.82) is 0 Å². The van der Waals surface area contributed by atoms with Crippen LogP contribution in [0.2, 0.25) is 0 Å². The topological polar surface area (TPSA) is 67.2 Å². The van der Waals surface area contributed by atoms with Gasteiger partial charge in [0, 0.05) is 18.9 Å². The molecule has 19 heavy (non-hydrogen) atoms. The summed E-state index contributed by atoms with van der Waals surface area (Å²) in [5, 5.41) is 5.81. The van der Waals surface area contributed by atoms with Crippen molar-refractivity contribution >= 4 is 11.6 Å². The summed E-state index contributed by atoms with van der Waals surface area (Å²) in [7, 11) is 1.78. The molecule has 0 aliphatic heterocycles. The highest BCUT2D eigenvalue weighted by molar-refractivity contribution is 5.99. The van der Waals surface area contributed by atoms with Gasteiger partial charge >= 0.3 is 0 Å². The fourth-order valence-electron chi connectivity index (χ4n) is 1.79. The van der Waals surface area contributed by atoms with Crippen LogP contribution in [0.15, 0.2) is 28.8 Å². The second-order valence-corrected chi connectivity index (χ2v) is 4.32.